The molecule has 1 saturated carbocycles. The Morgan fingerprint density at radius 3 is 2.57 bits per heavy atom. The zero-order chi connectivity index (χ0) is 5.28. The Bertz CT molecular complexity index is 53.2. The first-order valence-corrected chi connectivity index (χ1v) is 3.18. The highest BCUT2D eigenvalue weighted by atomic mass is 14.9. The minimum atomic E-state index is 0.991. The lowest BCUT2D eigenvalue weighted by molar-refractivity contribution is -0.643. The molecule has 0 amide bonds. The summed E-state index contributed by atoms with van der Waals surface area (Å²) in [6.07, 6.45) is 2.85. The van der Waals surface area contributed by atoms with Crippen LogP contribution in [0.2, 0.25) is 0 Å². The van der Waals surface area contributed by atoms with Crippen LogP contribution < -0.4 is 5.32 Å². The van der Waals surface area contributed by atoms with Crippen LogP contribution in [0.25, 0.3) is 0 Å². The summed E-state index contributed by atoms with van der Waals surface area (Å²) < 4.78 is 0. The smallest absolute Gasteiger partial charge is 0.0892 e. The Balaban J connectivity index is 2.06. The molecule has 0 aromatic carbocycles. The summed E-state index contributed by atoms with van der Waals surface area (Å²) in [5.41, 5.74) is 0. The molecular weight excluding hydrogens is 86.1 g/mol. The van der Waals surface area contributed by atoms with Crippen LogP contribution in [0.5, 0.6) is 0 Å². The molecule has 1 fully saturated rings. The highest BCUT2D eigenvalue weighted by Gasteiger charge is 2.37. The highest BCUT2D eigenvalue weighted by Crippen LogP contribution is 2.29. The lowest BCUT2D eigenvalue weighted by Crippen LogP contribution is -2.82. The molecule has 0 aliphatic heterocycles. The normalized spacial score (nSPS) is 38.6. The topological polar surface area (TPSA) is 16.6 Å². The number of rotatable bonds is 2. The van der Waals surface area contributed by atoms with E-state index in [1.165, 1.54) is 12.8 Å². The molecule has 1 aliphatic carbocycles. The molecule has 1 aliphatic rings. The summed E-state index contributed by atoms with van der Waals surface area (Å²) in [5, 5.41) is 2.33. The second-order valence-electron chi connectivity index (χ2n) is 2.40. The summed E-state index contributed by atoms with van der Waals surface area (Å²) in [7, 11) is 2.17. The van der Waals surface area contributed by atoms with E-state index in [0.29, 0.717) is 0 Å². The van der Waals surface area contributed by atoms with E-state index in [1.54, 1.807) is 0 Å². The molecule has 2 N–H and O–H groups in total. The zero-order valence-corrected chi connectivity index (χ0v) is 5.15. The predicted octanol–water partition coefficient (Wildman–Crippen LogP) is -0.0219. The van der Waals surface area contributed by atoms with Gasteiger partial charge in [0, 0.05) is 12.3 Å². The van der Waals surface area contributed by atoms with Crippen LogP contribution in [0.1, 0.15) is 19.8 Å². The van der Waals surface area contributed by atoms with Crippen molar-refractivity contribution < 1.29 is 5.32 Å². The van der Waals surface area contributed by atoms with Gasteiger partial charge in [0.2, 0.25) is 0 Å². The Kier molecular flexibility index (Phi) is 1.33. The van der Waals surface area contributed by atoms with Gasteiger partial charge >= 0.3 is 0 Å². The van der Waals surface area contributed by atoms with Crippen molar-refractivity contribution in [3.05, 3.63) is 0 Å². The Hall–Kier alpha value is -0.0400. The molecule has 0 saturated heterocycles. The van der Waals surface area contributed by atoms with E-state index < -0.39 is 0 Å². The molecule has 42 valence electrons. The van der Waals surface area contributed by atoms with Gasteiger partial charge in [-0.1, -0.05) is 6.92 Å². The van der Waals surface area contributed by atoms with Gasteiger partial charge in [-0.3, -0.25) is 0 Å². The van der Waals surface area contributed by atoms with Gasteiger partial charge in [-0.15, -0.1) is 0 Å². The maximum Gasteiger partial charge on any atom is 0.0892 e. The van der Waals surface area contributed by atoms with Gasteiger partial charge in [-0.2, -0.15) is 0 Å². The van der Waals surface area contributed by atoms with Crippen molar-refractivity contribution in [1.29, 1.82) is 0 Å². The second-order valence-corrected chi connectivity index (χ2v) is 2.40. The first-order valence-electron chi connectivity index (χ1n) is 3.18. The van der Waals surface area contributed by atoms with Gasteiger partial charge in [0.15, 0.2) is 0 Å². The summed E-state index contributed by atoms with van der Waals surface area (Å²) in [5.74, 6) is 1.06. The molecule has 0 aromatic heterocycles. The van der Waals surface area contributed by atoms with Crippen molar-refractivity contribution in [1.82, 2.24) is 0 Å². The van der Waals surface area contributed by atoms with Gasteiger partial charge in [-0.25, -0.2) is 0 Å². The second kappa shape index (κ2) is 1.83. The Morgan fingerprint density at radius 1 is 1.71 bits per heavy atom. The van der Waals surface area contributed by atoms with Crippen LogP contribution in [0, 0.1) is 5.92 Å². The van der Waals surface area contributed by atoms with Crippen molar-refractivity contribution in [2.75, 3.05) is 7.05 Å². The standard InChI is InChI=1S/C6H13N/c1-3-5-4-6(5)7-2/h5-7H,3-4H2,1-2H3/p+1. The third-order valence-electron chi connectivity index (χ3n) is 1.93. The first-order chi connectivity index (χ1) is 3.38. The van der Waals surface area contributed by atoms with Crippen molar-refractivity contribution in [3.8, 4) is 0 Å². The van der Waals surface area contributed by atoms with E-state index in [9.17, 15) is 0 Å². The summed E-state index contributed by atoms with van der Waals surface area (Å²) in [4.78, 5) is 0. The quantitative estimate of drug-likeness (QED) is 0.502. The summed E-state index contributed by atoms with van der Waals surface area (Å²) in [6.45, 7) is 2.27. The average Bonchev–Trinajstić information content (AvgIpc) is 2.43. The molecule has 0 bridgehead atoms. The van der Waals surface area contributed by atoms with E-state index in [1.807, 2.05) is 0 Å². The van der Waals surface area contributed by atoms with E-state index in [2.05, 4.69) is 19.3 Å². The Morgan fingerprint density at radius 2 is 2.43 bits per heavy atom. The van der Waals surface area contributed by atoms with Gasteiger partial charge < -0.3 is 5.32 Å². The predicted molar refractivity (Wildman–Crippen MR) is 30.0 cm³/mol. The lowest BCUT2D eigenvalue weighted by Gasteiger charge is -1.86. The monoisotopic (exact) mass is 100 g/mol. The number of quaternary nitrogens is 1. The molecule has 0 radical (unpaired) electrons. The minimum absolute atomic E-state index is 0.991. The molecule has 0 heterocycles. The highest BCUT2D eigenvalue weighted by molar-refractivity contribution is 4.83. The van der Waals surface area contributed by atoms with Crippen LogP contribution in [0.4, 0.5) is 0 Å². The van der Waals surface area contributed by atoms with E-state index in [4.69, 9.17) is 0 Å². The fourth-order valence-electron chi connectivity index (χ4n) is 1.15. The fraction of sp³-hybridized carbons (Fsp3) is 1.00. The minimum Gasteiger partial charge on any atom is -0.346 e. The molecule has 0 spiro atoms. The maximum absolute atomic E-state index is 2.33. The van der Waals surface area contributed by atoms with E-state index in [0.717, 1.165) is 12.0 Å². The van der Waals surface area contributed by atoms with Gasteiger partial charge in [0.25, 0.3) is 0 Å². The van der Waals surface area contributed by atoms with Gasteiger partial charge in [-0.05, 0) is 6.42 Å². The molecule has 2 atom stereocenters. The molecule has 0 aromatic rings. The van der Waals surface area contributed by atoms with Crippen LogP contribution in [-0.4, -0.2) is 13.1 Å². The van der Waals surface area contributed by atoms with Crippen molar-refractivity contribution >= 4 is 0 Å². The SMILES string of the molecule is CCC1CC1[NH2+]C. The third-order valence-corrected chi connectivity index (χ3v) is 1.93. The third kappa shape index (κ3) is 0.942. The van der Waals surface area contributed by atoms with Crippen LogP contribution in [0.15, 0.2) is 0 Å². The number of hydrogen-bond acceptors (Lipinski definition) is 0. The molecule has 1 nitrogen and oxygen atoms in total. The largest absolute Gasteiger partial charge is 0.346 e. The zero-order valence-electron chi connectivity index (χ0n) is 5.15. The van der Waals surface area contributed by atoms with Crippen LogP contribution >= 0.6 is 0 Å². The maximum atomic E-state index is 2.33. The van der Waals surface area contributed by atoms with E-state index >= 15 is 0 Å². The molecule has 1 rings (SSSR count). The molecule has 7 heavy (non-hydrogen) atoms. The lowest BCUT2D eigenvalue weighted by atomic mass is 10.3. The fourth-order valence-corrected chi connectivity index (χ4v) is 1.15. The Labute approximate surface area is 45.1 Å². The molecule has 1 heteroatoms. The molecule has 2 unspecified atom stereocenters. The molecular formula is C6H14N+. The first kappa shape index (κ1) is 5.10. The average molecular weight is 100 g/mol. The number of hydrogen-bond donors (Lipinski definition) is 1. The van der Waals surface area contributed by atoms with Crippen LogP contribution in [-0.2, 0) is 0 Å². The van der Waals surface area contributed by atoms with E-state index in [-0.39, 0.29) is 0 Å². The summed E-state index contributed by atoms with van der Waals surface area (Å²) >= 11 is 0. The van der Waals surface area contributed by atoms with Gasteiger partial charge in [0.1, 0.15) is 0 Å². The summed E-state index contributed by atoms with van der Waals surface area (Å²) in [6, 6.07) is 0.991. The van der Waals surface area contributed by atoms with Crippen molar-refractivity contribution in [2.24, 2.45) is 5.92 Å². The van der Waals surface area contributed by atoms with Crippen molar-refractivity contribution in [2.45, 2.75) is 25.8 Å². The van der Waals surface area contributed by atoms with Crippen LogP contribution in [0.3, 0.4) is 0 Å². The van der Waals surface area contributed by atoms with Crippen molar-refractivity contribution in [3.63, 3.8) is 0 Å². The van der Waals surface area contributed by atoms with Gasteiger partial charge in [0.05, 0.1) is 13.1 Å². The number of nitrogens with two attached hydrogens (primary N) is 1.